The van der Waals surface area contributed by atoms with E-state index in [-0.39, 0.29) is 37.7 Å². The third-order valence-corrected chi connectivity index (χ3v) is 10.0. The number of aliphatic imine (C=N–C) groups is 1. The van der Waals surface area contributed by atoms with Gasteiger partial charge in [-0.1, -0.05) is 41.5 Å². The van der Waals surface area contributed by atoms with Crippen LogP contribution in [0.1, 0.15) is 86.5 Å². The second-order valence-electron chi connectivity index (χ2n) is 17.5. The first-order valence-electron chi connectivity index (χ1n) is 22.3. The van der Waals surface area contributed by atoms with Gasteiger partial charge in [-0.05, 0) is 37.0 Å². The number of hydrogen-bond donors (Lipinski definition) is 17. The van der Waals surface area contributed by atoms with Gasteiger partial charge in [0.15, 0.2) is 5.96 Å². The number of hydrogen-bond acceptors (Lipinski definition) is 16. The molecule has 0 aromatic rings. The molecule has 9 amide bonds. The Labute approximate surface area is 412 Å². The van der Waals surface area contributed by atoms with E-state index in [9.17, 15) is 87.9 Å². The summed E-state index contributed by atoms with van der Waals surface area (Å²) in [6.07, 6.45) is -4.05. The summed E-state index contributed by atoms with van der Waals surface area (Å²) in [6, 6.07) is -15.8. The highest BCUT2D eigenvalue weighted by atomic mass is 16.4. The standard InChI is InChI=1S/C41H69N13O18/c1-16(2)10-20(47-32(63)19(42)8-7-9-46-41(44)45)33(64)49-22(12-27(57)58)35(66)51-23(13-28(59)60)36(67)53-30(17(3)4)39(70)52-25(15-55)38(69)48-21(11-26(43)56)34(65)50-24(14-29(61)62)37(68)54-31(18(5)6)40(71)72/h16-25,30-31,55H,7-15,42H2,1-6H3,(H2,43,56)(H,47,63)(H,48,69)(H,49,64)(H,50,65)(H,51,66)(H,52,70)(H,53,67)(H,54,68)(H,57,58)(H,59,60)(H,61,62)(H,71,72)(H4,44,45,46)/t19-,20-,21-,22-,23-,24-,25-,30-,31-/m0/s1. The number of carboxylic acid groups (broad SMARTS) is 4. The molecule has 9 atom stereocenters. The molecule has 0 bridgehead atoms. The molecule has 0 spiro atoms. The zero-order valence-corrected chi connectivity index (χ0v) is 40.6. The molecule has 0 aliphatic rings. The van der Waals surface area contributed by atoms with Crippen molar-refractivity contribution in [1.82, 2.24) is 42.5 Å². The second-order valence-corrected chi connectivity index (χ2v) is 17.5. The molecule has 0 aliphatic heterocycles. The van der Waals surface area contributed by atoms with E-state index in [1.807, 2.05) is 16.0 Å². The van der Waals surface area contributed by atoms with Crippen LogP contribution in [-0.4, -0.2) is 176 Å². The number of aliphatic carboxylic acids is 4. The van der Waals surface area contributed by atoms with Gasteiger partial charge in [-0.3, -0.25) is 62.5 Å². The largest absolute Gasteiger partial charge is 0.481 e. The molecule has 21 N–H and O–H groups in total. The van der Waals surface area contributed by atoms with E-state index in [1.54, 1.807) is 13.8 Å². The number of primary amides is 1. The molecule has 0 radical (unpaired) electrons. The van der Waals surface area contributed by atoms with Gasteiger partial charge in [-0.2, -0.15) is 0 Å². The molecule has 406 valence electrons. The van der Waals surface area contributed by atoms with Crippen LogP contribution < -0.4 is 65.5 Å². The SMILES string of the molecule is CC(C)C[C@H](NC(=O)[C@@H](N)CCCN=C(N)N)C(=O)N[C@@H](CC(=O)O)C(=O)N[C@@H](CC(=O)O)C(=O)N[C@H](C(=O)N[C@@H](CO)C(=O)N[C@@H](CC(N)=O)C(=O)N[C@@H](CC(=O)O)C(=O)N[C@H](C(=O)O)C(C)C)C(C)C. The van der Waals surface area contributed by atoms with Crippen molar-refractivity contribution in [2.75, 3.05) is 13.2 Å². The predicted octanol–water partition coefficient (Wildman–Crippen LogP) is -7.02. The Hall–Kier alpha value is -7.70. The van der Waals surface area contributed by atoms with E-state index >= 15 is 0 Å². The number of guanidine groups is 1. The fraction of sp³-hybridized carbons (Fsp3) is 0.659. The molecule has 0 aromatic carbocycles. The van der Waals surface area contributed by atoms with Crippen LogP contribution in [0.5, 0.6) is 0 Å². The normalized spacial score (nSPS) is 14.8. The van der Waals surface area contributed by atoms with E-state index in [2.05, 4.69) is 31.6 Å². The molecule has 31 heteroatoms. The van der Waals surface area contributed by atoms with Crippen LogP contribution in [0.2, 0.25) is 0 Å². The number of aliphatic hydroxyl groups excluding tert-OH is 1. The molecule has 0 rings (SSSR count). The number of nitrogens with two attached hydrogens (primary N) is 4. The van der Waals surface area contributed by atoms with Crippen LogP contribution in [0.4, 0.5) is 0 Å². The second kappa shape index (κ2) is 31.5. The average molecular weight is 1030 g/mol. The maximum absolute atomic E-state index is 13.6. The van der Waals surface area contributed by atoms with Gasteiger partial charge in [-0.15, -0.1) is 0 Å². The van der Waals surface area contributed by atoms with Crippen molar-refractivity contribution in [1.29, 1.82) is 0 Å². The molecule has 0 unspecified atom stereocenters. The third kappa shape index (κ3) is 24.7. The predicted molar refractivity (Wildman–Crippen MR) is 248 cm³/mol. The average Bonchev–Trinajstić information content (AvgIpc) is 3.24. The number of carbonyl (C=O) groups is 13. The van der Waals surface area contributed by atoms with E-state index in [0.29, 0.717) is 0 Å². The minimum Gasteiger partial charge on any atom is -0.481 e. The van der Waals surface area contributed by atoms with Crippen molar-refractivity contribution < 1.29 is 87.9 Å². The number of amides is 9. The summed E-state index contributed by atoms with van der Waals surface area (Å²) in [7, 11) is 0. The first-order valence-corrected chi connectivity index (χ1v) is 22.3. The van der Waals surface area contributed by atoms with Gasteiger partial charge >= 0.3 is 23.9 Å². The number of nitrogens with one attached hydrogen (secondary N) is 8. The number of carboxylic acids is 4. The number of carbonyl (C=O) groups excluding carboxylic acids is 9. The van der Waals surface area contributed by atoms with Gasteiger partial charge in [0.05, 0.1) is 38.3 Å². The highest BCUT2D eigenvalue weighted by molar-refractivity contribution is 6.00. The first-order chi connectivity index (χ1) is 33.3. The summed E-state index contributed by atoms with van der Waals surface area (Å²) >= 11 is 0. The van der Waals surface area contributed by atoms with Crippen LogP contribution in [0.25, 0.3) is 0 Å². The van der Waals surface area contributed by atoms with Crippen molar-refractivity contribution >= 4 is 83.0 Å². The maximum atomic E-state index is 13.6. The van der Waals surface area contributed by atoms with Crippen LogP contribution in [0.15, 0.2) is 4.99 Å². The summed E-state index contributed by atoms with van der Waals surface area (Å²) in [6.45, 7) is 7.89. The van der Waals surface area contributed by atoms with Crippen LogP contribution in [0.3, 0.4) is 0 Å². The number of rotatable bonds is 34. The minimum absolute atomic E-state index is 0.0316. The molecule has 0 aliphatic carbocycles. The Morgan fingerprint density at radius 1 is 0.458 bits per heavy atom. The maximum Gasteiger partial charge on any atom is 0.326 e. The Morgan fingerprint density at radius 2 is 0.806 bits per heavy atom. The fourth-order valence-electron chi connectivity index (χ4n) is 6.30. The first kappa shape index (κ1) is 64.3. The van der Waals surface area contributed by atoms with Gasteiger partial charge in [-0.25, -0.2) is 4.79 Å². The summed E-state index contributed by atoms with van der Waals surface area (Å²) < 4.78 is 0. The quantitative estimate of drug-likeness (QED) is 0.0162. The van der Waals surface area contributed by atoms with Crippen molar-refractivity contribution in [3.63, 3.8) is 0 Å². The van der Waals surface area contributed by atoms with Gasteiger partial charge in [0.2, 0.25) is 53.2 Å². The lowest BCUT2D eigenvalue weighted by atomic mass is 10.0. The third-order valence-electron chi connectivity index (χ3n) is 10.0. The Bertz CT molecular complexity index is 2010. The Kier molecular flexibility index (Phi) is 28.1. The van der Waals surface area contributed by atoms with E-state index in [0.717, 1.165) is 0 Å². The summed E-state index contributed by atoms with van der Waals surface area (Å²) in [4.78, 5) is 169. The summed E-state index contributed by atoms with van der Waals surface area (Å²) in [5.41, 5.74) is 21.8. The van der Waals surface area contributed by atoms with E-state index in [4.69, 9.17) is 22.9 Å². The smallest absolute Gasteiger partial charge is 0.326 e. The highest BCUT2D eigenvalue weighted by Crippen LogP contribution is 2.10. The highest BCUT2D eigenvalue weighted by Gasteiger charge is 2.37. The van der Waals surface area contributed by atoms with Crippen molar-refractivity contribution in [2.45, 2.75) is 141 Å². The molecular weight excluding hydrogens is 963 g/mol. The lowest BCUT2D eigenvalue weighted by molar-refractivity contribution is -0.145. The fourth-order valence-corrected chi connectivity index (χ4v) is 6.30. The molecule has 0 heterocycles. The number of nitrogens with zero attached hydrogens (tertiary/aromatic N) is 1. The Morgan fingerprint density at radius 3 is 1.15 bits per heavy atom. The van der Waals surface area contributed by atoms with E-state index in [1.165, 1.54) is 27.7 Å². The van der Waals surface area contributed by atoms with Crippen molar-refractivity contribution in [3.8, 4) is 0 Å². The van der Waals surface area contributed by atoms with Gasteiger partial charge in [0.1, 0.15) is 48.3 Å². The lowest BCUT2D eigenvalue weighted by Crippen LogP contribution is -2.62. The van der Waals surface area contributed by atoms with Gasteiger partial charge in [0.25, 0.3) is 0 Å². The van der Waals surface area contributed by atoms with Crippen molar-refractivity contribution in [3.05, 3.63) is 0 Å². The summed E-state index contributed by atoms with van der Waals surface area (Å²) in [5, 5.41) is 65.2. The summed E-state index contributed by atoms with van der Waals surface area (Å²) in [5.74, 6) is -19.6. The van der Waals surface area contributed by atoms with Crippen molar-refractivity contribution in [2.24, 2.45) is 45.7 Å². The van der Waals surface area contributed by atoms with Gasteiger partial charge in [0, 0.05) is 6.54 Å². The Balaban J connectivity index is 6.40. The molecule has 72 heavy (non-hydrogen) atoms. The van der Waals surface area contributed by atoms with Gasteiger partial charge < -0.3 is 91.0 Å². The zero-order chi connectivity index (χ0) is 55.7. The minimum atomic E-state index is -2.07. The molecular formula is C41H69N13O18. The molecule has 0 fully saturated rings. The van der Waals surface area contributed by atoms with Crippen LogP contribution in [0, 0.1) is 17.8 Å². The molecule has 0 aromatic heterocycles. The topological polar surface area (TPSA) is 536 Å². The molecule has 0 saturated carbocycles. The van der Waals surface area contributed by atoms with E-state index < -0.39 is 176 Å². The molecule has 0 saturated heterocycles. The van der Waals surface area contributed by atoms with Crippen LogP contribution >= 0.6 is 0 Å². The lowest BCUT2D eigenvalue weighted by Gasteiger charge is -2.28. The monoisotopic (exact) mass is 1030 g/mol. The zero-order valence-electron chi connectivity index (χ0n) is 40.6. The number of aliphatic hydroxyl groups is 1. The van der Waals surface area contributed by atoms with Crippen LogP contribution in [-0.2, 0) is 62.3 Å². The molecule has 31 nitrogen and oxygen atoms in total.